The Kier molecular flexibility index (Phi) is 3.56. The zero-order valence-corrected chi connectivity index (χ0v) is 16.2. The Bertz CT molecular complexity index is 586. The van der Waals surface area contributed by atoms with Gasteiger partial charge in [0.1, 0.15) is 6.04 Å². The molecule has 5 heteroatoms. The molecule has 6 aliphatic rings. The highest BCUT2D eigenvalue weighted by Crippen LogP contribution is 2.61. The van der Waals surface area contributed by atoms with Crippen molar-refractivity contribution in [3.63, 3.8) is 0 Å². The van der Waals surface area contributed by atoms with Crippen molar-refractivity contribution in [2.45, 2.75) is 82.2 Å². The third-order valence-corrected chi connectivity index (χ3v) is 9.62. The van der Waals surface area contributed by atoms with Crippen molar-refractivity contribution in [1.82, 2.24) is 10.2 Å². The van der Waals surface area contributed by atoms with E-state index in [1.165, 1.54) is 38.5 Å². The fourth-order valence-corrected chi connectivity index (χ4v) is 8.62. The minimum absolute atomic E-state index is 0.0923. The molecule has 4 aliphatic carbocycles. The zero-order chi connectivity index (χ0) is 17.4. The van der Waals surface area contributed by atoms with Gasteiger partial charge in [-0.2, -0.15) is 0 Å². The van der Waals surface area contributed by atoms with Crippen molar-refractivity contribution in [3.05, 3.63) is 0 Å². The Morgan fingerprint density at radius 1 is 1.20 bits per heavy atom. The second-order valence-electron chi connectivity index (χ2n) is 9.78. The fraction of sp³-hybridized carbons (Fsp3) is 0.900. The molecular formula is C20H30N2O2S. The Hall–Kier alpha value is -0.710. The molecular weight excluding hydrogens is 332 g/mol. The van der Waals surface area contributed by atoms with E-state index in [4.69, 9.17) is 0 Å². The molecule has 2 amide bonds. The lowest BCUT2D eigenvalue weighted by Gasteiger charge is -2.59. The molecule has 2 aliphatic heterocycles. The number of hydrogen-bond acceptors (Lipinski definition) is 3. The maximum Gasteiger partial charge on any atom is 0.243 e. The lowest BCUT2D eigenvalue weighted by molar-refractivity contribution is -0.139. The van der Waals surface area contributed by atoms with Crippen molar-refractivity contribution in [3.8, 4) is 0 Å². The molecule has 3 atom stereocenters. The molecule has 25 heavy (non-hydrogen) atoms. The molecule has 2 heterocycles. The standard InChI is InChI=1S/C20H30N2O2S/c1-12(20-8-13-5-14(9-20)7-15(6-13)10-20)21-18(24)16-11-25-19(2)4-3-17(23)22(16)19/h12-16H,3-11H2,1-2H3,(H,21,24). The molecule has 0 radical (unpaired) electrons. The van der Waals surface area contributed by atoms with E-state index in [0.29, 0.717) is 11.8 Å². The predicted molar refractivity (Wildman–Crippen MR) is 98.9 cm³/mol. The van der Waals surface area contributed by atoms with Gasteiger partial charge < -0.3 is 10.2 Å². The molecule has 0 aromatic rings. The van der Waals surface area contributed by atoms with E-state index in [1.807, 2.05) is 4.90 Å². The van der Waals surface area contributed by atoms with E-state index < -0.39 is 0 Å². The molecule has 1 N–H and O–H groups in total. The highest BCUT2D eigenvalue weighted by Gasteiger charge is 2.55. The van der Waals surface area contributed by atoms with Crippen LogP contribution in [-0.4, -0.2) is 39.4 Å². The summed E-state index contributed by atoms with van der Waals surface area (Å²) < 4.78 is 0. The van der Waals surface area contributed by atoms with Crippen LogP contribution in [0.4, 0.5) is 0 Å². The number of carbonyl (C=O) groups is 2. The largest absolute Gasteiger partial charge is 0.351 e. The molecule has 4 nitrogen and oxygen atoms in total. The van der Waals surface area contributed by atoms with Crippen LogP contribution in [0.3, 0.4) is 0 Å². The average Bonchev–Trinajstić information content (AvgIpc) is 3.03. The number of nitrogens with one attached hydrogen (secondary N) is 1. The van der Waals surface area contributed by atoms with Crippen LogP contribution in [-0.2, 0) is 9.59 Å². The van der Waals surface area contributed by atoms with Crippen molar-refractivity contribution < 1.29 is 9.59 Å². The Balaban J connectivity index is 1.31. The molecule has 4 bridgehead atoms. The first-order chi connectivity index (χ1) is 11.9. The van der Waals surface area contributed by atoms with Crippen LogP contribution >= 0.6 is 11.8 Å². The summed E-state index contributed by atoms with van der Waals surface area (Å²) in [6.45, 7) is 4.36. The number of amides is 2. The van der Waals surface area contributed by atoms with Gasteiger partial charge >= 0.3 is 0 Å². The van der Waals surface area contributed by atoms with Gasteiger partial charge in [-0.25, -0.2) is 0 Å². The van der Waals surface area contributed by atoms with Gasteiger partial charge in [-0.3, -0.25) is 9.59 Å². The van der Waals surface area contributed by atoms with E-state index in [1.54, 1.807) is 11.8 Å². The van der Waals surface area contributed by atoms with E-state index in [0.717, 1.165) is 29.9 Å². The van der Waals surface area contributed by atoms with Gasteiger partial charge in [-0.1, -0.05) is 0 Å². The lowest BCUT2D eigenvalue weighted by Crippen LogP contribution is -2.59. The van der Waals surface area contributed by atoms with Gasteiger partial charge in [0.2, 0.25) is 11.8 Å². The first-order valence-electron chi connectivity index (χ1n) is 10.2. The smallest absolute Gasteiger partial charge is 0.243 e. The van der Waals surface area contributed by atoms with Crippen molar-refractivity contribution in [2.24, 2.45) is 23.2 Å². The predicted octanol–water partition coefficient (Wildman–Crippen LogP) is 3.16. The number of hydrogen-bond donors (Lipinski definition) is 1. The molecule has 4 saturated carbocycles. The van der Waals surface area contributed by atoms with Crippen LogP contribution in [0.25, 0.3) is 0 Å². The first-order valence-corrected chi connectivity index (χ1v) is 11.1. The van der Waals surface area contributed by atoms with Crippen LogP contribution in [0.2, 0.25) is 0 Å². The van der Waals surface area contributed by atoms with Crippen molar-refractivity contribution >= 4 is 23.6 Å². The molecule has 2 saturated heterocycles. The molecule has 6 rings (SSSR count). The quantitative estimate of drug-likeness (QED) is 0.839. The molecule has 0 spiro atoms. The highest BCUT2D eigenvalue weighted by molar-refractivity contribution is 8.01. The van der Waals surface area contributed by atoms with E-state index in [-0.39, 0.29) is 28.8 Å². The van der Waals surface area contributed by atoms with Crippen molar-refractivity contribution in [2.75, 3.05) is 5.75 Å². The van der Waals surface area contributed by atoms with Crippen LogP contribution in [0.1, 0.15) is 65.2 Å². The summed E-state index contributed by atoms with van der Waals surface area (Å²) in [5.41, 5.74) is 0.328. The normalized spacial score (nSPS) is 48.7. The van der Waals surface area contributed by atoms with Gasteiger partial charge in [-0.15, -0.1) is 11.8 Å². The maximum atomic E-state index is 13.1. The van der Waals surface area contributed by atoms with Gasteiger partial charge in [0, 0.05) is 18.2 Å². The summed E-state index contributed by atoms with van der Waals surface area (Å²) in [7, 11) is 0. The number of rotatable bonds is 3. The zero-order valence-electron chi connectivity index (χ0n) is 15.4. The van der Waals surface area contributed by atoms with Crippen molar-refractivity contribution in [1.29, 1.82) is 0 Å². The summed E-state index contributed by atoms with van der Waals surface area (Å²) in [4.78, 5) is 27.1. The van der Waals surface area contributed by atoms with Crippen LogP contribution in [0.5, 0.6) is 0 Å². The summed E-state index contributed by atoms with van der Waals surface area (Å²) in [5.74, 6) is 3.70. The SMILES string of the molecule is CC(NC(=O)C1CSC2(C)CCC(=O)N12)C12CC3CC(CC(C3)C1)C2. The van der Waals surface area contributed by atoms with Crippen LogP contribution in [0, 0.1) is 23.2 Å². The fourth-order valence-electron chi connectivity index (χ4n) is 7.19. The van der Waals surface area contributed by atoms with Gasteiger partial charge in [0.25, 0.3) is 0 Å². The van der Waals surface area contributed by atoms with Gasteiger partial charge in [-0.05, 0) is 82.0 Å². The van der Waals surface area contributed by atoms with E-state index in [2.05, 4.69) is 19.2 Å². The highest BCUT2D eigenvalue weighted by atomic mass is 32.2. The van der Waals surface area contributed by atoms with Crippen LogP contribution in [0.15, 0.2) is 0 Å². The number of carbonyl (C=O) groups excluding carboxylic acids is 2. The summed E-state index contributed by atoms with van der Waals surface area (Å²) in [6.07, 6.45) is 9.68. The average molecular weight is 363 g/mol. The minimum Gasteiger partial charge on any atom is -0.351 e. The monoisotopic (exact) mass is 362 g/mol. The second-order valence-corrected chi connectivity index (χ2v) is 11.3. The summed E-state index contributed by atoms with van der Waals surface area (Å²) in [6, 6.07) is -0.0238. The molecule has 0 aromatic carbocycles. The third-order valence-electron chi connectivity index (χ3n) is 8.11. The number of fused-ring (bicyclic) bond motifs is 1. The Morgan fingerprint density at radius 2 is 1.80 bits per heavy atom. The van der Waals surface area contributed by atoms with E-state index >= 15 is 0 Å². The molecule has 0 aromatic heterocycles. The molecule has 3 unspecified atom stereocenters. The topological polar surface area (TPSA) is 49.4 Å². The number of thioether (sulfide) groups is 1. The Morgan fingerprint density at radius 3 is 2.40 bits per heavy atom. The van der Waals surface area contributed by atoms with E-state index in [9.17, 15) is 9.59 Å². The van der Waals surface area contributed by atoms with Gasteiger partial charge in [0.15, 0.2) is 0 Å². The summed E-state index contributed by atoms with van der Waals surface area (Å²) in [5, 5.41) is 3.38. The summed E-state index contributed by atoms with van der Waals surface area (Å²) >= 11 is 1.79. The van der Waals surface area contributed by atoms with Crippen LogP contribution < -0.4 is 5.32 Å². The number of nitrogens with zero attached hydrogens (tertiary/aromatic N) is 1. The second kappa shape index (κ2) is 5.40. The minimum atomic E-state index is -0.263. The molecule has 6 fully saturated rings. The maximum absolute atomic E-state index is 13.1. The third kappa shape index (κ3) is 2.40. The Labute approximate surface area is 154 Å². The first kappa shape index (κ1) is 16.5. The lowest BCUT2D eigenvalue weighted by atomic mass is 9.48. The molecule has 138 valence electrons. The van der Waals surface area contributed by atoms with Gasteiger partial charge in [0.05, 0.1) is 4.87 Å².